The van der Waals surface area contributed by atoms with Crippen molar-refractivity contribution in [3.8, 4) is 5.69 Å². The number of hydrogen-bond donors (Lipinski definition) is 1. The van der Waals surface area contributed by atoms with E-state index in [1.807, 2.05) is 0 Å². The summed E-state index contributed by atoms with van der Waals surface area (Å²) >= 11 is 15.4. The Morgan fingerprint density at radius 3 is 2.82 bits per heavy atom. The molecule has 0 atom stereocenters. The van der Waals surface area contributed by atoms with Gasteiger partial charge in [0, 0.05) is 24.2 Å². The maximum absolute atomic E-state index is 8.91. The van der Waals surface area contributed by atoms with Gasteiger partial charge in [0.1, 0.15) is 0 Å². The lowest BCUT2D eigenvalue weighted by Gasteiger charge is -2.04. The SMILES string of the molecule is OCCc1nn(-c2cc(Cl)ccc2Cl)cc1Br. The molecule has 0 aliphatic heterocycles. The van der Waals surface area contributed by atoms with Crippen LogP contribution in [0.4, 0.5) is 0 Å². The Morgan fingerprint density at radius 1 is 1.35 bits per heavy atom. The summed E-state index contributed by atoms with van der Waals surface area (Å²) < 4.78 is 2.48. The van der Waals surface area contributed by atoms with Crippen LogP contribution in [-0.2, 0) is 6.42 Å². The van der Waals surface area contributed by atoms with E-state index in [9.17, 15) is 0 Å². The van der Waals surface area contributed by atoms with Crippen LogP contribution in [0, 0.1) is 0 Å². The number of rotatable bonds is 3. The Balaban J connectivity index is 2.45. The fraction of sp³-hybridized carbons (Fsp3) is 0.182. The fourth-order valence-corrected chi connectivity index (χ4v) is 2.29. The molecule has 90 valence electrons. The van der Waals surface area contributed by atoms with Crippen LogP contribution in [0.2, 0.25) is 10.0 Å². The Kier molecular flexibility index (Phi) is 4.09. The predicted molar refractivity (Wildman–Crippen MR) is 72.1 cm³/mol. The molecule has 0 aliphatic rings. The summed E-state index contributed by atoms with van der Waals surface area (Å²) in [7, 11) is 0. The average Bonchev–Trinajstić information content (AvgIpc) is 2.64. The smallest absolute Gasteiger partial charge is 0.0847 e. The molecular weight excluding hydrogens is 327 g/mol. The number of hydrogen-bond acceptors (Lipinski definition) is 2. The van der Waals surface area contributed by atoms with Crippen molar-refractivity contribution < 1.29 is 5.11 Å². The predicted octanol–water partition coefficient (Wildman–Crippen LogP) is 3.48. The molecule has 1 heterocycles. The number of aromatic nitrogens is 2. The van der Waals surface area contributed by atoms with E-state index in [1.165, 1.54) is 0 Å². The summed E-state index contributed by atoms with van der Waals surface area (Å²) in [5.74, 6) is 0. The molecule has 0 saturated carbocycles. The molecule has 0 saturated heterocycles. The molecule has 0 aliphatic carbocycles. The standard InChI is InChI=1S/C11H9BrCl2N2O/c12-8-6-16(15-10(8)3-4-17)11-5-7(13)1-2-9(11)14/h1-2,5-6,17H,3-4H2. The highest BCUT2D eigenvalue weighted by Crippen LogP contribution is 2.26. The van der Waals surface area contributed by atoms with Crippen molar-refractivity contribution in [1.82, 2.24) is 9.78 Å². The number of nitrogens with zero attached hydrogens (tertiary/aromatic N) is 2. The first-order valence-electron chi connectivity index (χ1n) is 4.92. The molecule has 0 unspecified atom stereocenters. The second-order valence-corrected chi connectivity index (χ2v) is 5.14. The highest BCUT2D eigenvalue weighted by Gasteiger charge is 2.10. The second kappa shape index (κ2) is 5.40. The average molecular weight is 336 g/mol. The van der Waals surface area contributed by atoms with Crippen molar-refractivity contribution >= 4 is 39.1 Å². The molecule has 17 heavy (non-hydrogen) atoms. The van der Waals surface area contributed by atoms with E-state index in [2.05, 4.69) is 21.0 Å². The van der Waals surface area contributed by atoms with Gasteiger partial charge in [-0.05, 0) is 34.1 Å². The van der Waals surface area contributed by atoms with E-state index in [0.717, 1.165) is 10.2 Å². The lowest BCUT2D eigenvalue weighted by Crippen LogP contribution is -1.98. The summed E-state index contributed by atoms with van der Waals surface area (Å²) in [5, 5.41) is 14.4. The molecule has 1 aromatic carbocycles. The van der Waals surface area contributed by atoms with Gasteiger partial charge in [0.05, 0.1) is 20.9 Å². The summed E-state index contributed by atoms with van der Waals surface area (Å²) in [6.45, 7) is 0.0545. The van der Waals surface area contributed by atoms with E-state index < -0.39 is 0 Å². The molecule has 2 aromatic rings. The van der Waals surface area contributed by atoms with Gasteiger partial charge in [-0.15, -0.1) is 0 Å². The van der Waals surface area contributed by atoms with Gasteiger partial charge in [0.25, 0.3) is 0 Å². The maximum atomic E-state index is 8.91. The van der Waals surface area contributed by atoms with Crippen LogP contribution in [0.5, 0.6) is 0 Å². The van der Waals surface area contributed by atoms with Crippen molar-refractivity contribution in [2.45, 2.75) is 6.42 Å². The zero-order chi connectivity index (χ0) is 12.4. The normalized spacial score (nSPS) is 10.8. The molecule has 0 fully saturated rings. The van der Waals surface area contributed by atoms with Crippen LogP contribution in [0.15, 0.2) is 28.9 Å². The third-order valence-electron chi connectivity index (χ3n) is 2.24. The van der Waals surface area contributed by atoms with Gasteiger partial charge in [-0.2, -0.15) is 5.10 Å². The third kappa shape index (κ3) is 2.83. The minimum absolute atomic E-state index is 0.0545. The molecule has 0 spiro atoms. The zero-order valence-electron chi connectivity index (χ0n) is 8.70. The van der Waals surface area contributed by atoms with Crippen molar-refractivity contribution in [3.63, 3.8) is 0 Å². The lowest BCUT2D eigenvalue weighted by atomic mass is 10.3. The summed E-state index contributed by atoms with van der Waals surface area (Å²) in [6, 6.07) is 5.19. The van der Waals surface area contributed by atoms with Gasteiger partial charge in [-0.3, -0.25) is 0 Å². The van der Waals surface area contributed by atoms with Crippen LogP contribution in [0.3, 0.4) is 0 Å². The van der Waals surface area contributed by atoms with Crippen LogP contribution in [0.25, 0.3) is 5.69 Å². The molecule has 2 rings (SSSR count). The highest BCUT2D eigenvalue weighted by atomic mass is 79.9. The van der Waals surface area contributed by atoms with Gasteiger partial charge in [-0.25, -0.2) is 4.68 Å². The Bertz CT molecular complexity index is 542. The lowest BCUT2D eigenvalue weighted by molar-refractivity contribution is 0.298. The minimum atomic E-state index is 0.0545. The van der Waals surface area contributed by atoms with Crippen molar-refractivity contribution in [1.29, 1.82) is 0 Å². The number of halogens is 3. The molecule has 0 amide bonds. The van der Waals surface area contributed by atoms with Gasteiger partial charge in [-0.1, -0.05) is 23.2 Å². The van der Waals surface area contributed by atoms with Gasteiger partial charge < -0.3 is 5.11 Å². The van der Waals surface area contributed by atoms with Crippen LogP contribution < -0.4 is 0 Å². The molecule has 0 bridgehead atoms. The monoisotopic (exact) mass is 334 g/mol. The minimum Gasteiger partial charge on any atom is -0.396 e. The first-order valence-corrected chi connectivity index (χ1v) is 6.47. The highest BCUT2D eigenvalue weighted by molar-refractivity contribution is 9.10. The number of aliphatic hydroxyl groups excluding tert-OH is 1. The Hall–Kier alpha value is -0.550. The number of aliphatic hydroxyl groups is 1. The summed E-state index contributed by atoms with van der Waals surface area (Å²) in [4.78, 5) is 0. The molecular formula is C11H9BrCl2N2O. The maximum Gasteiger partial charge on any atom is 0.0847 e. The molecule has 3 nitrogen and oxygen atoms in total. The Labute approximate surface area is 117 Å². The Morgan fingerprint density at radius 2 is 2.12 bits per heavy atom. The second-order valence-electron chi connectivity index (χ2n) is 3.44. The quantitative estimate of drug-likeness (QED) is 0.932. The van der Waals surface area contributed by atoms with Gasteiger partial charge in [0.15, 0.2) is 0 Å². The summed E-state index contributed by atoms with van der Waals surface area (Å²) in [5.41, 5.74) is 1.49. The third-order valence-corrected chi connectivity index (χ3v) is 3.46. The molecule has 0 radical (unpaired) electrons. The van der Waals surface area contributed by atoms with Crippen LogP contribution in [-0.4, -0.2) is 21.5 Å². The first kappa shape index (κ1) is 12.9. The van der Waals surface area contributed by atoms with Crippen molar-refractivity contribution in [3.05, 3.63) is 44.6 Å². The molecule has 1 aromatic heterocycles. The van der Waals surface area contributed by atoms with Crippen molar-refractivity contribution in [2.24, 2.45) is 0 Å². The van der Waals surface area contributed by atoms with E-state index in [-0.39, 0.29) is 6.61 Å². The number of benzene rings is 1. The van der Waals surface area contributed by atoms with Crippen LogP contribution in [0.1, 0.15) is 5.69 Å². The first-order chi connectivity index (χ1) is 8.11. The van der Waals surface area contributed by atoms with Gasteiger partial charge in [0.2, 0.25) is 0 Å². The largest absolute Gasteiger partial charge is 0.396 e. The van der Waals surface area contributed by atoms with Gasteiger partial charge >= 0.3 is 0 Å². The van der Waals surface area contributed by atoms with Crippen molar-refractivity contribution in [2.75, 3.05) is 6.61 Å². The molecule has 6 heteroatoms. The fourth-order valence-electron chi connectivity index (χ4n) is 1.45. The van der Waals surface area contributed by atoms with E-state index >= 15 is 0 Å². The van der Waals surface area contributed by atoms with E-state index in [0.29, 0.717) is 22.2 Å². The zero-order valence-corrected chi connectivity index (χ0v) is 11.8. The molecule has 1 N–H and O–H groups in total. The van der Waals surface area contributed by atoms with Crippen LogP contribution >= 0.6 is 39.1 Å². The van der Waals surface area contributed by atoms with E-state index in [1.54, 1.807) is 29.1 Å². The summed E-state index contributed by atoms with van der Waals surface area (Å²) in [6.07, 6.45) is 2.29. The van der Waals surface area contributed by atoms with E-state index in [4.69, 9.17) is 28.3 Å². The topological polar surface area (TPSA) is 38.1 Å².